The van der Waals surface area contributed by atoms with Crippen LogP contribution in [-0.2, 0) is 0 Å². The van der Waals surface area contributed by atoms with Crippen LogP contribution in [-0.4, -0.2) is 15.7 Å². The highest BCUT2D eigenvalue weighted by Gasteiger charge is 2.15. The van der Waals surface area contributed by atoms with Crippen LogP contribution in [0.2, 0.25) is 0 Å². The fourth-order valence-corrected chi connectivity index (χ4v) is 2.46. The van der Waals surface area contributed by atoms with E-state index in [0.29, 0.717) is 17.1 Å². The van der Waals surface area contributed by atoms with Gasteiger partial charge in [0.25, 0.3) is 0 Å². The monoisotopic (exact) mass is 330 g/mol. The van der Waals surface area contributed by atoms with E-state index in [1.807, 2.05) is 61.5 Å². The summed E-state index contributed by atoms with van der Waals surface area (Å²) in [6.45, 7) is 5.56. The third kappa shape index (κ3) is 3.72. The van der Waals surface area contributed by atoms with Crippen molar-refractivity contribution in [1.29, 1.82) is 0 Å². The first-order valence-corrected chi connectivity index (χ1v) is 7.78. The Morgan fingerprint density at radius 2 is 1.72 bits per heavy atom. The molecule has 0 fully saturated rings. The number of aryl methyl sites for hydroxylation is 1. The Bertz CT molecular complexity index is 882. The number of hydrogen-bond donors (Lipinski definition) is 1. The average molecular weight is 330 g/mol. The largest absolute Gasteiger partial charge is 0.457 e. The van der Waals surface area contributed by atoms with Crippen molar-refractivity contribution < 1.29 is 4.74 Å². The number of nitrogen functional groups attached to an aromatic ring is 1. The van der Waals surface area contributed by atoms with Crippen molar-refractivity contribution in [3.8, 4) is 11.5 Å². The summed E-state index contributed by atoms with van der Waals surface area (Å²) in [4.78, 5) is 12.7. The van der Waals surface area contributed by atoms with E-state index in [9.17, 15) is 0 Å². The van der Waals surface area contributed by atoms with Crippen LogP contribution in [0.15, 0.2) is 78.7 Å². The van der Waals surface area contributed by atoms with Crippen molar-refractivity contribution in [3.63, 3.8) is 0 Å². The standard InChI is InChI=1S/C20H18N4O/c1-3-22-19(18-14(2)23-13-24-20(18)21)15-9-11-17(12-10-15)25-16-7-5-4-6-8-16/h3-13H,1H2,2H3,(H2,21,23,24). The van der Waals surface area contributed by atoms with Crippen LogP contribution < -0.4 is 10.5 Å². The average Bonchev–Trinajstić information content (AvgIpc) is 2.62. The molecule has 0 spiro atoms. The van der Waals surface area contributed by atoms with Crippen molar-refractivity contribution in [1.82, 2.24) is 9.97 Å². The van der Waals surface area contributed by atoms with E-state index in [1.165, 1.54) is 12.5 Å². The maximum absolute atomic E-state index is 6.03. The highest BCUT2D eigenvalue weighted by atomic mass is 16.5. The molecule has 1 aromatic heterocycles. The van der Waals surface area contributed by atoms with E-state index < -0.39 is 0 Å². The summed E-state index contributed by atoms with van der Waals surface area (Å²) in [7, 11) is 0. The number of aliphatic imine (C=N–C) groups is 1. The summed E-state index contributed by atoms with van der Waals surface area (Å²) in [6.07, 6.45) is 2.92. The van der Waals surface area contributed by atoms with E-state index in [-0.39, 0.29) is 0 Å². The van der Waals surface area contributed by atoms with Gasteiger partial charge in [0.2, 0.25) is 0 Å². The van der Waals surface area contributed by atoms with Crippen LogP contribution >= 0.6 is 0 Å². The molecule has 0 radical (unpaired) electrons. The Hall–Kier alpha value is -3.47. The Morgan fingerprint density at radius 3 is 2.36 bits per heavy atom. The first kappa shape index (κ1) is 16.4. The highest BCUT2D eigenvalue weighted by molar-refractivity contribution is 6.16. The molecule has 0 unspecified atom stereocenters. The van der Waals surface area contributed by atoms with E-state index in [2.05, 4.69) is 21.5 Å². The zero-order valence-corrected chi connectivity index (χ0v) is 13.9. The molecule has 5 heteroatoms. The lowest BCUT2D eigenvalue weighted by molar-refractivity contribution is 0.482. The van der Waals surface area contributed by atoms with Gasteiger partial charge in [0.15, 0.2) is 0 Å². The van der Waals surface area contributed by atoms with Crippen LogP contribution in [0.5, 0.6) is 11.5 Å². The molecule has 2 N–H and O–H groups in total. The van der Waals surface area contributed by atoms with Crippen LogP contribution in [0.4, 0.5) is 5.82 Å². The third-order valence-electron chi connectivity index (χ3n) is 3.63. The number of hydrogen-bond acceptors (Lipinski definition) is 5. The molecule has 25 heavy (non-hydrogen) atoms. The first-order valence-electron chi connectivity index (χ1n) is 7.78. The number of para-hydroxylation sites is 1. The van der Waals surface area contributed by atoms with Gasteiger partial charge in [-0.3, -0.25) is 4.99 Å². The van der Waals surface area contributed by atoms with Crippen molar-refractivity contribution >= 4 is 11.5 Å². The number of anilines is 1. The summed E-state index contributed by atoms with van der Waals surface area (Å²) in [5.74, 6) is 1.91. The number of rotatable bonds is 5. The minimum absolute atomic E-state index is 0.387. The zero-order chi connectivity index (χ0) is 17.6. The maximum atomic E-state index is 6.03. The molecular formula is C20H18N4O. The van der Waals surface area contributed by atoms with Crippen molar-refractivity contribution in [2.45, 2.75) is 6.92 Å². The van der Waals surface area contributed by atoms with Gasteiger partial charge in [-0.05, 0) is 43.3 Å². The second-order valence-electron chi connectivity index (χ2n) is 5.32. The molecule has 0 saturated heterocycles. The van der Waals surface area contributed by atoms with E-state index in [4.69, 9.17) is 10.5 Å². The fourth-order valence-electron chi connectivity index (χ4n) is 2.46. The molecule has 1 heterocycles. The molecule has 5 nitrogen and oxygen atoms in total. The van der Waals surface area contributed by atoms with Gasteiger partial charge in [-0.1, -0.05) is 24.8 Å². The predicted molar refractivity (Wildman–Crippen MR) is 100.0 cm³/mol. The first-order chi connectivity index (χ1) is 12.2. The number of nitrogens with two attached hydrogens (primary N) is 1. The molecule has 0 bridgehead atoms. The Labute approximate surface area is 146 Å². The molecule has 0 atom stereocenters. The zero-order valence-electron chi connectivity index (χ0n) is 13.9. The van der Waals surface area contributed by atoms with Gasteiger partial charge in [-0.15, -0.1) is 0 Å². The maximum Gasteiger partial charge on any atom is 0.136 e. The van der Waals surface area contributed by atoms with Gasteiger partial charge >= 0.3 is 0 Å². The Kier molecular flexibility index (Phi) is 4.85. The van der Waals surface area contributed by atoms with Gasteiger partial charge in [0, 0.05) is 11.8 Å². The number of nitrogens with zero attached hydrogens (tertiary/aromatic N) is 3. The summed E-state index contributed by atoms with van der Waals surface area (Å²) < 4.78 is 5.82. The molecule has 124 valence electrons. The van der Waals surface area contributed by atoms with Crippen molar-refractivity contribution in [2.75, 3.05) is 5.73 Å². The summed E-state index contributed by atoms with van der Waals surface area (Å²) in [6, 6.07) is 17.2. The lowest BCUT2D eigenvalue weighted by Crippen LogP contribution is -2.11. The minimum atomic E-state index is 0.387. The molecular weight excluding hydrogens is 312 g/mol. The van der Waals surface area contributed by atoms with E-state index >= 15 is 0 Å². The van der Waals surface area contributed by atoms with Gasteiger partial charge in [0.1, 0.15) is 23.6 Å². The Morgan fingerprint density at radius 1 is 1.04 bits per heavy atom. The van der Waals surface area contributed by atoms with Crippen LogP contribution in [0.1, 0.15) is 16.8 Å². The van der Waals surface area contributed by atoms with E-state index in [1.54, 1.807) is 0 Å². The van der Waals surface area contributed by atoms with Gasteiger partial charge in [-0.2, -0.15) is 0 Å². The van der Waals surface area contributed by atoms with Crippen molar-refractivity contribution in [3.05, 3.63) is 90.5 Å². The molecule has 2 aromatic carbocycles. The van der Waals surface area contributed by atoms with Gasteiger partial charge < -0.3 is 10.5 Å². The Balaban J connectivity index is 1.93. The lowest BCUT2D eigenvalue weighted by atomic mass is 10.0. The molecule has 3 aromatic rings. The SMILES string of the molecule is C=CN=C(c1ccc(Oc2ccccc2)cc1)c1c(C)ncnc1N. The molecule has 0 saturated carbocycles. The molecule has 0 amide bonds. The summed E-state index contributed by atoms with van der Waals surface area (Å²) in [5, 5.41) is 0. The number of ether oxygens (including phenoxy) is 1. The lowest BCUT2D eigenvalue weighted by Gasteiger charge is -2.12. The summed E-state index contributed by atoms with van der Waals surface area (Å²) >= 11 is 0. The fraction of sp³-hybridized carbons (Fsp3) is 0.0500. The second kappa shape index (κ2) is 7.40. The normalized spacial score (nSPS) is 11.2. The molecule has 0 aliphatic carbocycles. The quantitative estimate of drug-likeness (QED) is 0.714. The smallest absolute Gasteiger partial charge is 0.136 e. The second-order valence-corrected chi connectivity index (χ2v) is 5.32. The predicted octanol–water partition coefficient (Wildman–Crippen LogP) is 4.14. The molecule has 0 aliphatic rings. The third-order valence-corrected chi connectivity index (χ3v) is 3.63. The minimum Gasteiger partial charge on any atom is -0.457 e. The molecule has 3 rings (SSSR count). The van der Waals surface area contributed by atoms with Gasteiger partial charge in [-0.25, -0.2) is 9.97 Å². The number of benzene rings is 2. The molecule has 0 aliphatic heterocycles. The topological polar surface area (TPSA) is 73.4 Å². The van der Waals surface area contributed by atoms with Crippen molar-refractivity contribution in [2.24, 2.45) is 4.99 Å². The summed E-state index contributed by atoms with van der Waals surface area (Å²) in [5.41, 5.74) is 9.06. The van der Waals surface area contributed by atoms with Crippen LogP contribution in [0, 0.1) is 6.92 Å². The van der Waals surface area contributed by atoms with Gasteiger partial charge in [0.05, 0.1) is 17.0 Å². The number of aromatic nitrogens is 2. The van der Waals surface area contributed by atoms with Crippen LogP contribution in [0.3, 0.4) is 0 Å². The van der Waals surface area contributed by atoms with E-state index in [0.717, 1.165) is 22.8 Å². The highest BCUT2D eigenvalue weighted by Crippen LogP contribution is 2.24. The van der Waals surface area contributed by atoms with Crippen LogP contribution in [0.25, 0.3) is 0 Å².